The molecule has 2 atom stereocenters. The Labute approximate surface area is 180 Å². The van der Waals surface area contributed by atoms with Crippen molar-refractivity contribution in [3.05, 3.63) is 29.8 Å². The third-order valence-electron chi connectivity index (χ3n) is 5.11. The minimum Gasteiger partial charge on any atom is -0.369 e. The van der Waals surface area contributed by atoms with Crippen LogP contribution in [0.3, 0.4) is 0 Å². The van der Waals surface area contributed by atoms with E-state index in [2.05, 4.69) is 51.7 Å². The predicted molar refractivity (Wildman–Crippen MR) is 123 cm³/mol. The van der Waals surface area contributed by atoms with E-state index in [1.807, 2.05) is 6.92 Å². The maximum Gasteiger partial charge on any atom is 0.191 e. The molecule has 2 saturated heterocycles. The van der Waals surface area contributed by atoms with Crippen LogP contribution < -0.4 is 15.5 Å². The van der Waals surface area contributed by atoms with E-state index < -0.39 is 9.84 Å². The minimum atomic E-state index is -2.84. The van der Waals surface area contributed by atoms with Crippen molar-refractivity contribution in [3.8, 4) is 0 Å². The molecule has 2 fully saturated rings. The maximum atomic E-state index is 11.6. The third kappa shape index (κ3) is 6.51. The van der Waals surface area contributed by atoms with Gasteiger partial charge in [0.1, 0.15) is 0 Å². The number of benzene rings is 1. The molecule has 6 nitrogen and oxygen atoms in total. The number of aryl methyl sites for hydroxylation is 1. The SMILES string of the molecule is CCNC(=NCC1CCS(=O)(=O)C1)NC1CCN(c2ccc(C)cc2)C1.I. The lowest BCUT2D eigenvalue weighted by molar-refractivity contribution is 0.586. The Balaban J connectivity index is 0.00000261. The summed E-state index contributed by atoms with van der Waals surface area (Å²) >= 11 is 0. The quantitative estimate of drug-likeness (QED) is 0.364. The molecule has 0 aromatic heterocycles. The van der Waals surface area contributed by atoms with E-state index in [-0.39, 0.29) is 35.6 Å². The van der Waals surface area contributed by atoms with Crippen molar-refractivity contribution >= 4 is 45.5 Å². The first-order chi connectivity index (χ1) is 12.4. The van der Waals surface area contributed by atoms with Gasteiger partial charge in [0.05, 0.1) is 11.5 Å². The number of hydrogen-bond donors (Lipinski definition) is 2. The molecule has 2 heterocycles. The second-order valence-electron chi connectivity index (χ2n) is 7.40. The first-order valence-corrected chi connectivity index (χ1v) is 11.3. The summed E-state index contributed by atoms with van der Waals surface area (Å²) in [5.41, 5.74) is 2.54. The number of halogens is 1. The van der Waals surface area contributed by atoms with Gasteiger partial charge in [-0.15, -0.1) is 24.0 Å². The van der Waals surface area contributed by atoms with Gasteiger partial charge in [0.25, 0.3) is 0 Å². The van der Waals surface area contributed by atoms with Crippen molar-refractivity contribution in [1.82, 2.24) is 10.6 Å². The lowest BCUT2D eigenvalue weighted by Crippen LogP contribution is -2.44. The van der Waals surface area contributed by atoms with E-state index in [1.54, 1.807) is 0 Å². The van der Waals surface area contributed by atoms with Gasteiger partial charge in [-0.25, -0.2) is 8.42 Å². The fourth-order valence-electron chi connectivity index (χ4n) is 3.62. The molecule has 0 saturated carbocycles. The van der Waals surface area contributed by atoms with Crippen molar-refractivity contribution in [1.29, 1.82) is 0 Å². The van der Waals surface area contributed by atoms with Crippen LogP contribution in [0.1, 0.15) is 25.3 Å². The summed E-state index contributed by atoms with van der Waals surface area (Å²) in [6.45, 7) is 7.50. The van der Waals surface area contributed by atoms with Crippen molar-refractivity contribution in [3.63, 3.8) is 0 Å². The first kappa shape index (κ1) is 22.3. The van der Waals surface area contributed by atoms with E-state index in [0.717, 1.165) is 38.4 Å². The fraction of sp³-hybridized carbons (Fsp3) is 0.632. The zero-order valence-corrected chi connectivity index (χ0v) is 19.3. The van der Waals surface area contributed by atoms with Crippen LogP contribution in [0.4, 0.5) is 5.69 Å². The van der Waals surface area contributed by atoms with Crippen LogP contribution in [-0.2, 0) is 9.84 Å². The van der Waals surface area contributed by atoms with Crippen LogP contribution in [0.25, 0.3) is 0 Å². The maximum absolute atomic E-state index is 11.6. The Bertz CT molecular complexity index is 737. The highest BCUT2D eigenvalue weighted by Gasteiger charge is 2.28. The summed E-state index contributed by atoms with van der Waals surface area (Å²) in [7, 11) is -2.84. The summed E-state index contributed by atoms with van der Waals surface area (Å²) in [6, 6.07) is 9.00. The molecule has 0 aliphatic carbocycles. The van der Waals surface area contributed by atoms with Crippen LogP contribution in [0.5, 0.6) is 0 Å². The Morgan fingerprint density at radius 3 is 2.63 bits per heavy atom. The monoisotopic (exact) mass is 506 g/mol. The third-order valence-corrected chi connectivity index (χ3v) is 6.94. The average Bonchev–Trinajstić information content (AvgIpc) is 3.20. The van der Waals surface area contributed by atoms with E-state index in [1.165, 1.54) is 11.3 Å². The van der Waals surface area contributed by atoms with Crippen LogP contribution in [-0.4, -0.2) is 58.1 Å². The molecule has 27 heavy (non-hydrogen) atoms. The second-order valence-corrected chi connectivity index (χ2v) is 9.63. The van der Waals surface area contributed by atoms with Gasteiger partial charge in [-0.3, -0.25) is 4.99 Å². The number of nitrogens with zero attached hydrogens (tertiary/aromatic N) is 2. The van der Waals surface area contributed by atoms with E-state index in [0.29, 0.717) is 18.3 Å². The molecule has 1 aromatic rings. The van der Waals surface area contributed by atoms with Gasteiger partial charge in [-0.2, -0.15) is 0 Å². The van der Waals surface area contributed by atoms with Gasteiger partial charge in [0, 0.05) is 37.9 Å². The average molecular weight is 506 g/mol. The number of hydrogen-bond acceptors (Lipinski definition) is 4. The van der Waals surface area contributed by atoms with Gasteiger partial charge >= 0.3 is 0 Å². The highest BCUT2D eigenvalue weighted by molar-refractivity contribution is 14.0. The number of rotatable bonds is 5. The predicted octanol–water partition coefficient (Wildman–Crippen LogP) is 2.18. The molecule has 2 aliphatic rings. The molecule has 2 N–H and O–H groups in total. The standard InChI is InChI=1S/C19H30N4O2S.HI/c1-3-20-19(21-12-16-9-11-26(24,25)14-16)22-17-8-10-23(13-17)18-6-4-15(2)5-7-18;/h4-7,16-17H,3,8-14H2,1-2H3,(H2,20,21,22);1H. The summed E-state index contributed by atoms with van der Waals surface area (Å²) in [5, 5.41) is 6.81. The van der Waals surface area contributed by atoms with Crippen molar-refractivity contribution in [2.45, 2.75) is 32.7 Å². The summed E-state index contributed by atoms with van der Waals surface area (Å²) in [6.07, 6.45) is 1.80. The number of sulfone groups is 1. The van der Waals surface area contributed by atoms with E-state index in [9.17, 15) is 8.42 Å². The van der Waals surface area contributed by atoms with Gasteiger partial charge in [-0.05, 0) is 44.7 Å². The lowest BCUT2D eigenvalue weighted by Gasteiger charge is -2.20. The fourth-order valence-corrected chi connectivity index (χ4v) is 5.47. The molecular weight excluding hydrogens is 475 g/mol. The highest BCUT2D eigenvalue weighted by Crippen LogP contribution is 2.21. The van der Waals surface area contributed by atoms with Gasteiger partial charge in [-0.1, -0.05) is 17.7 Å². The van der Waals surface area contributed by atoms with Crippen LogP contribution in [0.2, 0.25) is 0 Å². The first-order valence-electron chi connectivity index (χ1n) is 9.52. The van der Waals surface area contributed by atoms with Crippen molar-refractivity contribution in [2.75, 3.05) is 42.6 Å². The molecule has 2 unspecified atom stereocenters. The zero-order valence-electron chi connectivity index (χ0n) is 16.1. The summed E-state index contributed by atoms with van der Waals surface area (Å²) in [4.78, 5) is 7.04. The topological polar surface area (TPSA) is 73.8 Å². The van der Waals surface area contributed by atoms with Crippen molar-refractivity contribution < 1.29 is 8.42 Å². The van der Waals surface area contributed by atoms with Gasteiger partial charge in [0.2, 0.25) is 0 Å². The number of anilines is 1. The normalized spacial score (nSPS) is 24.5. The van der Waals surface area contributed by atoms with E-state index >= 15 is 0 Å². The smallest absolute Gasteiger partial charge is 0.191 e. The zero-order chi connectivity index (χ0) is 18.6. The molecular formula is C19H31IN4O2S. The molecule has 8 heteroatoms. The highest BCUT2D eigenvalue weighted by atomic mass is 127. The molecule has 3 rings (SSSR count). The number of nitrogens with one attached hydrogen (secondary N) is 2. The minimum absolute atomic E-state index is 0. The molecule has 0 radical (unpaired) electrons. The van der Waals surface area contributed by atoms with E-state index in [4.69, 9.17) is 0 Å². The molecule has 2 aliphatic heterocycles. The molecule has 1 aromatic carbocycles. The number of aliphatic imine (C=N–C) groups is 1. The van der Waals surface area contributed by atoms with Crippen LogP contribution >= 0.6 is 24.0 Å². The number of guanidine groups is 1. The summed E-state index contributed by atoms with van der Waals surface area (Å²) in [5.74, 6) is 1.54. The molecule has 0 spiro atoms. The largest absolute Gasteiger partial charge is 0.369 e. The van der Waals surface area contributed by atoms with Crippen LogP contribution in [0, 0.1) is 12.8 Å². The molecule has 152 valence electrons. The summed E-state index contributed by atoms with van der Waals surface area (Å²) < 4.78 is 23.2. The van der Waals surface area contributed by atoms with Crippen LogP contribution in [0.15, 0.2) is 29.3 Å². The Morgan fingerprint density at radius 1 is 1.26 bits per heavy atom. The Kier molecular flexibility index (Phi) is 8.20. The second kappa shape index (κ2) is 9.95. The van der Waals surface area contributed by atoms with Gasteiger partial charge in [0.15, 0.2) is 15.8 Å². The lowest BCUT2D eigenvalue weighted by atomic mass is 10.1. The Morgan fingerprint density at radius 2 is 2.00 bits per heavy atom. The Hall–Kier alpha value is -1.03. The molecule has 0 amide bonds. The molecule has 0 bridgehead atoms. The van der Waals surface area contributed by atoms with Gasteiger partial charge < -0.3 is 15.5 Å². The van der Waals surface area contributed by atoms with Crippen molar-refractivity contribution in [2.24, 2.45) is 10.9 Å².